The number of carbonyl (C=O) groups excluding carboxylic acids is 2. The highest BCUT2D eigenvalue weighted by molar-refractivity contribution is 5.98. The molecule has 3 aromatic rings. The minimum atomic E-state index is -0.748. The molecule has 1 atom stereocenters. The summed E-state index contributed by atoms with van der Waals surface area (Å²) in [7, 11) is 1.96. The average molecular weight is 347 g/mol. The maximum Gasteiger partial charge on any atom is 0.244 e. The predicted octanol–water partition coefficient (Wildman–Crippen LogP) is 2.40. The van der Waals surface area contributed by atoms with Crippen LogP contribution >= 0.6 is 0 Å². The van der Waals surface area contributed by atoms with Crippen LogP contribution in [-0.2, 0) is 23.1 Å². The molecule has 1 heterocycles. The van der Waals surface area contributed by atoms with Gasteiger partial charge in [-0.1, -0.05) is 48.5 Å². The summed E-state index contributed by atoms with van der Waals surface area (Å²) in [5.74, 6) is -0.904. The molecule has 0 saturated carbocycles. The highest BCUT2D eigenvalue weighted by Gasteiger charge is 2.17. The van der Waals surface area contributed by atoms with E-state index in [-0.39, 0.29) is 5.91 Å². The summed E-state index contributed by atoms with van der Waals surface area (Å²) >= 11 is 0. The second kappa shape index (κ2) is 7.70. The highest BCUT2D eigenvalue weighted by Crippen LogP contribution is 2.21. The molecule has 5 heteroatoms. The molecule has 3 N–H and O–H groups in total. The van der Waals surface area contributed by atoms with Crippen LogP contribution in [0.5, 0.6) is 0 Å². The second-order valence-electron chi connectivity index (χ2n) is 6.20. The van der Waals surface area contributed by atoms with Gasteiger partial charge < -0.3 is 15.6 Å². The third kappa shape index (κ3) is 4.00. The summed E-state index contributed by atoms with van der Waals surface area (Å²) in [6, 6.07) is 16.7. The van der Waals surface area contributed by atoms with E-state index in [0.717, 1.165) is 22.0 Å². The number of aromatic nitrogens is 1. The van der Waals surface area contributed by atoms with E-state index in [1.165, 1.54) is 6.08 Å². The first-order chi connectivity index (χ1) is 12.5. The predicted molar refractivity (Wildman–Crippen MR) is 103 cm³/mol. The van der Waals surface area contributed by atoms with Crippen LogP contribution < -0.4 is 11.1 Å². The van der Waals surface area contributed by atoms with Crippen molar-refractivity contribution >= 4 is 28.8 Å². The number of carbonyl (C=O) groups is 2. The third-order valence-corrected chi connectivity index (χ3v) is 4.28. The Morgan fingerprint density at radius 2 is 1.81 bits per heavy atom. The molecule has 0 aliphatic rings. The Kier molecular flexibility index (Phi) is 5.17. The number of primary amides is 1. The lowest BCUT2D eigenvalue weighted by Gasteiger charge is -2.14. The first kappa shape index (κ1) is 17.5. The van der Waals surface area contributed by atoms with E-state index in [2.05, 4.69) is 5.32 Å². The molecule has 0 unspecified atom stereocenters. The minimum absolute atomic E-state index is 0.349. The number of nitrogens with two attached hydrogens (primary N) is 1. The largest absolute Gasteiger partial charge is 0.368 e. The standard InChI is InChI=1S/C21H21N3O2/c1-24-14-16(17-9-5-6-10-19(17)24)11-12-20(25)23-18(21(22)26)13-15-7-3-2-4-8-15/h2-12,14,18H,13H2,1H3,(H2,22,26)(H,23,25)/b12-11+/t18-/m0/s1. The van der Waals surface area contributed by atoms with Crippen LogP contribution in [0.15, 0.2) is 66.9 Å². The molecule has 0 saturated heterocycles. The number of rotatable bonds is 6. The number of fused-ring (bicyclic) bond motifs is 1. The third-order valence-electron chi connectivity index (χ3n) is 4.28. The van der Waals surface area contributed by atoms with Gasteiger partial charge in [0.2, 0.25) is 11.8 Å². The Bertz CT molecular complexity index is 958. The molecule has 1 aromatic heterocycles. The summed E-state index contributed by atoms with van der Waals surface area (Å²) in [5.41, 5.74) is 8.41. The number of para-hydroxylation sites is 1. The topological polar surface area (TPSA) is 77.1 Å². The Morgan fingerprint density at radius 3 is 2.54 bits per heavy atom. The minimum Gasteiger partial charge on any atom is -0.368 e. The van der Waals surface area contributed by atoms with Gasteiger partial charge in [-0.3, -0.25) is 9.59 Å². The maximum atomic E-state index is 12.3. The molecule has 3 rings (SSSR count). The fraction of sp³-hybridized carbons (Fsp3) is 0.143. The van der Waals surface area contributed by atoms with Gasteiger partial charge in [0.15, 0.2) is 0 Å². The summed E-state index contributed by atoms with van der Waals surface area (Å²) in [6.45, 7) is 0. The molecule has 0 bridgehead atoms. The van der Waals surface area contributed by atoms with E-state index in [1.807, 2.05) is 72.4 Å². The zero-order valence-corrected chi connectivity index (χ0v) is 14.6. The van der Waals surface area contributed by atoms with Crippen molar-refractivity contribution in [2.45, 2.75) is 12.5 Å². The van der Waals surface area contributed by atoms with E-state index < -0.39 is 11.9 Å². The second-order valence-corrected chi connectivity index (χ2v) is 6.20. The van der Waals surface area contributed by atoms with Gasteiger partial charge in [-0.2, -0.15) is 0 Å². The zero-order chi connectivity index (χ0) is 18.5. The van der Waals surface area contributed by atoms with Crippen molar-refractivity contribution in [3.63, 3.8) is 0 Å². The normalized spacial score (nSPS) is 12.3. The number of nitrogens with one attached hydrogen (secondary N) is 1. The van der Waals surface area contributed by atoms with Crippen molar-refractivity contribution in [2.24, 2.45) is 12.8 Å². The Morgan fingerprint density at radius 1 is 1.12 bits per heavy atom. The van der Waals surface area contributed by atoms with Gasteiger partial charge in [0, 0.05) is 42.2 Å². The lowest BCUT2D eigenvalue weighted by atomic mass is 10.1. The Labute approximate surface area is 152 Å². The lowest BCUT2D eigenvalue weighted by Crippen LogP contribution is -2.45. The molecule has 0 fully saturated rings. The van der Waals surface area contributed by atoms with Crippen LogP contribution in [0.4, 0.5) is 0 Å². The van der Waals surface area contributed by atoms with Gasteiger partial charge in [0.05, 0.1) is 0 Å². The molecular formula is C21H21N3O2. The van der Waals surface area contributed by atoms with Gasteiger partial charge >= 0.3 is 0 Å². The summed E-state index contributed by atoms with van der Waals surface area (Å²) in [5, 5.41) is 3.75. The van der Waals surface area contributed by atoms with E-state index >= 15 is 0 Å². The maximum absolute atomic E-state index is 12.3. The van der Waals surface area contributed by atoms with Crippen molar-refractivity contribution in [1.82, 2.24) is 9.88 Å². The van der Waals surface area contributed by atoms with E-state index in [1.54, 1.807) is 6.08 Å². The quantitative estimate of drug-likeness (QED) is 0.672. The fourth-order valence-electron chi connectivity index (χ4n) is 2.96. The van der Waals surface area contributed by atoms with Crippen LogP contribution in [-0.4, -0.2) is 22.4 Å². The Hall–Kier alpha value is -3.34. The molecule has 2 aromatic carbocycles. The van der Waals surface area contributed by atoms with Crippen molar-refractivity contribution in [1.29, 1.82) is 0 Å². The molecule has 0 radical (unpaired) electrons. The van der Waals surface area contributed by atoms with Crippen molar-refractivity contribution < 1.29 is 9.59 Å². The molecule has 0 aliphatic carbocycles. The van der Waals surface area contributed by atoms with E-state index in [4.69, 9.17) is 5.73 Å². The smallest absolute Gasteiger partial charge is 0.244 e. The Balaban J connectivity index is 1.71. The number of hydrogen-bond acceptors (Lipinski definition) is 2. The van der Waals surface area contributed by atoms with Crippen molar-refractivity contribution in [3.05, 3.63) is 78.0 Å². The van der Waals surface area contributed by atoms with E-state index in [9.17, 15) is 9.59 Å². The number of aryl methyl sites for hydroxylation is 1. The number of hydrogen-bond donors (Lipinski definition) is 2. The summed E-state index contributed by atoms with van der Waals surface area (Å²) < 4.78 is 2.01. The molecule has 26 heavy (non-hydrogen) atoms. The average Bonchev–Trinajstić information content (AvgIpc) is 2.96. The highest BCUT2D eigenvalue weighted by atomic mass is 16.2. The van der Waals surface area contributed by atoms with Crippen molar-refractivity contribution in [3.8, 4) is 0 Å². The van der Waals surface area contributed by atoms with E-state index in [0.29, 0.717) is 6.42 Å². The molecule has 0 aliphatic heterocycles. The van der Waals surface area contributed by atoms with Gasteiger partial charge in [0.25, 0.3) is 0 Å². The first-order valence-corrected chi connectivity index (χ1v) is 8.40. The summed E-state index contributed by atoms with van der Waals surface area (Å²) in [4.78, 5) is 23.9. The fourth-order valence-corrected chi connectivity index (χ4v) is 2.96. The molecule has 132 valence electrons. The van der Waals surface area contributed by atoms with Crippen LogP contribution in [0.3, 0.4) is 0 Å². The monoisotopic (exact) mass is 347 g/mol. The van der Waals surface area contributed by atoms with Gasteiger partial charge in [-0.15, -0.1) is 0 Å². The van der Waals surface area contributed by atoms with Crippen LogP contribution in [0, 0.1) is 0 Å². The van der Waals surface area contributed by atoms with Gasteiger partial charge in [0.1, 0.15) is 6.04 Å². The van der Waals surface area contributed by atoms with Crippen LogP contribution in [0.1, 0.15) is 11.1 Å². The number of benzene rings is 2. The number of nitrogens with zero attached hydrogens (tertiary/aromatic N) is 1. The lowest BCUT2D eigenvalue weighted by molar-refractivity contribution is -0.124. The summed E-state index contributed by atoms with van der Waals surface area (Å²) in [6.07, 6.45) is 5.51. The van der Waals surface area contributed by atoms with Crippen LogP contribution in [0.2, 0.25) is 0 Å². The van der Waals surface area contributed by atoms with Crippen LogP contribution in [0.25, 0.3) is 17.0 Å². The molecule has 2 amide bonds. The SMILES string of the molecule is Cn1cc(/C=C/C(=O)N[C@@H](Cc2ccccc2)C(N)=O)c2ccccc21. The van der Waals surface area contributed by atoms with Crippen molar-refractivity contribution in [2.75, 3.05) is 0 Å². The number of amides is 2. The van der Waals surface area contributed by atoms with Gasteiger partial charge in [-0.05, 0) is 17.7 Å². The zero-order valence-electron chi connectivity index (χ0n) is 14.6. The first-order valence-electron chi connectivity index (χ1n) is 8.40. The molecule has 5 nitrogen and oxygen atoms in total. The molecule has 0 spiro atoms. The molecular weight excluding hydrogens is 326 g/mol. The van der Waals surface area contributed by atoms with Gasteiger partial charge in [-0.25, -0.2) is 0 Å².